The molecule has 3 heterocycles. The molecule has 0 aliphatic carbocycles. The topological polar surface area (TPSA) is 107 Å². The minimum Gasteiger partial charge on any atom is -0.356 e. The van der Waals surface area contributed by atoms with Crippen LogP contribution in [0.1, 0.15) is 23.2 Å². The normalized spacial score (nSPS) is 11.8. The molecule has 9 nitrogen and oxygen atoms in total. The van der Waals surface area contributed by atoms with E-state index in [2.05, 4.69) is 37.2 Å². The maximum Gasteiger partial charge on any atom is 0.416 e. The average molecular weight is 431 g/mol. The quantitative estimate of drug-likeness (QED) is 0.334. The van der Waals surface area contributed by atoms with Crippen molar-refractivity contribution < 1.29 is 22.8 Å². The minimum absolute atomic E-state index is 0.0394. The molecule has 0 fully saturated rings. The van der Waals surface area contributed by atoms with Crippen LogP contribution < -0.4 is 5.32 Å². The van der Waals surface area contributed by atoms with Crippen LogP contribution in [0.4, 0.5) is 18.9 Å². The first-order chi connectivity index (χ1) is 14.9. The van der Waals surface area contributed by atoms with Gasteiger partial charge in [0.1, 0.15) is 12.0 Å². The Morgan fingerprint density at radius 3 is 2.77 bits per heavy atom. The van der Waals surface area contributed by atoms with Gasteiger partial charge in [0.25, 0.3) is 0 Å². The zero-order chi connectivity index (χ0) is 22.3. The summed E-state index contributed by atoms with van der Waals surface area (Å²) in [6.07, 6.45) is 4.66. The lowest BCUT2D eigenvalue weighted by atomic mass is 10.1. The van der Waals surface area contributed by atoms with Gasteiger partial charge in [-0.25, -0.2) is 9.97 Å². The second kappa shape index (κ2) is 9.61. The van der Waals surface area contributed by atoms with E-state index in [1.807, 2.05) is 0 Å². The van der Waals surface area contributed by atoms with Crippen LogP contribution in [0.25, 0.3) is 5.76 Å². The molecule has 160 valence electrons. The number of amides is 1. The lowest BCUT2D eigenvalue weighted by Crippen LogP contribution is -2.12. The number of oxime groups is 1. The van der Waals surface area contributed by atoms with E-state index in [1.54, 1.807) is 6.07 Å². The van der Waals surface area contributed by atoms with Crippen molar-refractivity contribution in [1.82, 2.24) is 24.7 Å². The second-order valence-corrected chi connectivity index (χ2v) is 6.09. The fraction of sp³-hybridized carbons (Fsp3) is 0.158. The van der Waals surface area contributed by atoms with E-state index in [0.717, 1.165) is 18.5 Å². The first kappa shape index (κ1) is 21.6. The number of pyridine rings is 1. The second-order valence-electron chi connectivity index (χ2n) is 6.09. The molecule has 12 heteroatoms. The average Bonchev–Trinajstić information content (AvgIpc) is 3.18. The SMILES string of the molecule is C=NO/C(=C\CC(=O)Nc1cnn(Cc2cnccc2C(F)(F)F)c1)c1ccncn1. The smallest absolute Gasteiger partial charge is 0.356 e. The van der Waals surface area contributed by atoms with Gasteiger partial charge in [-0.1, -0.05) is 5.16 Å². The summed E-state index contributed by atoms with van der Waals surface area (Å²) < 4.78 is 40.6. The standard InChI is InChI=1S/C19H16F3N7O2/c1-23-31-17(16-5-7-25-12-26-16)2-3-18(30)28-14-9-27-29(11-14)10-13-8-24-6-4-15(13)19(20,21)22/h2,4-9,11-12H,1,3,10H2,(H,28,30)/b17-2-. The van der Waals surface area contributed by atoms with Crippen molar-refractivity contribution >= 4 is 24.1 Å². The largest absolute Gasteiger partial charge is 0.416 e. The number of rotatable bonds is 8. The fourth-order valence-corrected chi connectivity index (χ4v) is 2.61. The molecule has 0 spiro atoms. The molecule has 31 heavy (non-hydrogen) atoms. The summed E-state index contributed by atoms with van der Waals surface area (Å²) in [5, 5.41) is 9.92. The first-order valence-electron chi connectivity index (χ1n) is 8.79. The zero-order valence-corrected chi connectivity index (χ0v) is 16.0. The minimum atomic E-state index is -4.50. The molecule has 1 amide bonds. The van der Waals surface area contributed by atoms with Gasteiger partial charge in [0.05, 0.1) is 24.0 Å². The van der Waals surface area contributed by atoms with Gasteiger partial charge in [-0.3, -0.25) is 14.5 Å². The van der Waals surface area contributed by atoms with Gasteiger partial charge in [-0.05, 0) is 18.2 Å². The predicted molar refractivity (Wildman–Crippen MR) is 104 cm³/mol. The Morgan fingerprint density at radius 1 is 1.26 bits per heavy atom. The third-order valence-electron chi connectivity index (χ3n) is 3.93. The highest BCUT2D eigenvalue weighted by Gasteiger charge is 2.33. The number of halogens is 3. The Morgan fingerprint density at radius 2 is 2.06 bits per heavy atom. The van der Waals surface area contributed by atoms with E-state index in [4.69, 9.17) is 4.84 Å². The van der Waals surface area contributed by atoms with E-state index in [1.165, 1.54) is 35.7 Å². The van der Waals surface area contributed by atoms with Gasteiger partial charge < -0.3 is 10.2 Å². The Bertz CT molecular complexity index is 1080. The molecule has 0 aliphatic heterocycles. The van der Waals surface area contributed by atoms with E-state index >= 15 is 0 Å². The van der Waals surface area contributed by atoms with Gasteiger partial charge in [0, 0.05) is 43.5 Å². The molecule has 3 aromatic rings. The maximum absolute atomic E-state index is 13.1. The number of aromatic nitrogens is 5. The van der Waals surface area contributed by atoms with Crippen molar-refractivity contribution in [2.75, 3.05) is 5.32 Å². The molecule has 0 saturated carbocycles. The van der Waals surface area contributed by atoms with Crippen LogP contribution in [0.15, 0.2) is 60.7 Å². The Kier molecular flexibility index (Phi) is 6.70. The molecular weight excluding hydrogens is 415 g/mol. The van der Waals surface area contributed by atoms with Crippen LogP contribution in [0.3, 0.4) is 0 Å². The summed E-state index contributed by atoms with van der Waals surface area (Å²) in [5.74, 6) is -0.185. The van der Waals surface area contributed by atoms with Crippen molar-refractivity contribution in [3.63, 3.8) is 0 Å². The van der Waals surface area contributed by atoms with Crippen molar-refractivity contribution in [2.24, 2.45) is 5.16 Å². The first-order valence-corrected chi connectivity index (χ1v) is 8.79. The van der Waals surface area contributed by atoms with Gasteiger partial charge in [-0.2, -0.15) is 18.3 Å². The van der Waals surface area contributed by atoms with Crippen LogP contribution in [0.5, 0.6) is 0 Å². The summed E-state index contributed by atoms with van der Waals surface area (Å²) in [7, 11) is 0. The summed E-state index contributed by atoms with van der Waals surface area (Å²) in [6.45, 7) is 3.08. The highest BCUT2D eigenvalue weighted by Crippen LogP contribution is 2.31. The molecule has 3 rings (SSSR count). The van der Waals surface area contributed by atoms with Crippen LogP contribution in [0.2, 0.25) is 0 Å². The number of hydrogen-bond donors (Lipinski definition) is 1. The molecule has 0 aromatic carbocycles. The number of carbonyl (C=O) groups is 1. The van der Waals surface area contributed by atoms with E-state index in [-0.39, 0.29) is 24.3 Å². The van der Waals surface area contributed by atoms with Crippen molar-refractivity contribution in [3.8, 4) is 0 Å². The third kappa shape index (κ3) is 5.95. The van der Waals surface area contributed by atoms with Gasteiger partial charge >= 0.3 is 6.18 Å². The lowest BCUT2D eigenvalue weighted by Gasteiger charge is -2.11. The molecule has 0 saturated heterocycles. The fourth-order valence-electron chi connectivity index (χ4n) is 2.61. The summed E-state index contributed by atoms with van der Waals surface area (Å²) >= 11 is 0. The molecule has 0 unspecified atom stereocenters. The number of hydrogen-bond acceptors (Lipinski definition) is 7. The van der Waals surface area contributed by atoms with E-state index in [0.29, 0.717) is 11.4 Å². The predicted octanol–water partition coefficient (Wildman–Crippen LogP) is 3.14. The molecule has 0 aliphatic rings. The summed E-state index contributed by atoms with van der Waals surface area (Å²) in [4.78, 5) is 28.8. The van der Waals surface area contributed by atoms with E-state index < -0.39 is 17.6 Å². The summed E-state index contributed by atoms with van der Waals surface area (Å²) in [6, 6.07) is 2.48. The number of nitrogens with one attached hydrogen (secondary N) is 1. The number of nitrogens with zero attached hydrogens (tertiary/aromatic N) is 6. The third-order valence-corrected chi connectivity index (χ3v) is 3.93. The van der Waals surface area contributed by atoms with Crippen LogP contribution >= 0.6 is 0 Å². The van der Waals surface area contributed by atoms with Crippen molar-refractivity contribution in [2.45, 2.75) is 19.1 Å². The van der Waals surface area contributed by atoms with Gasteiger partial charge in [0.2, 0.25) is 5.91 Å². The number of alkyl halides is 3. The maximum atomic E-state index is 13.1. The highest BCUT2D eigenvalue weighted by molar-refractivity contribution is 5.92. The Balaban J connectivity index is 1.65. The van der Waals surface area contributed by atoms with Gasteiger partial charge in [0.15, 0.2) is 5.76 Å². The van der Waals surface area contributed by atoms with Crippen molar-refractivity contribution in [3.05, 3.63) is 72.3 Å². The Hall–Kier alpha value is -4.09. The molecular formula is C19H16F3N7O2. The summed E-state index contributed by atoms with van der Waals surface area (Å²) in [5.41, 5.74) is -0.0913. The molecule has 1 N–H and O–H groups in total. The number of anilines is 1. The molecule has 0 atom stereocenters. The molecule has 0 bridgehead atoms. The van der Waals surface area contributed by atoms with E-state index in [9.17, 15) is 18.0 Å². The monoisotopic (exact) mass is 431 g/mol. The lowest BCUT2D eigenvalue weighted by molar-refractivity contribution is -0.138. The van der Waals surface area contributed by atoms with Crippen molar-refractivity contribution in [1.29, 1.82) is 0 Å². The molecule has 3 aromatic heterocycles. The molecule has 0 radical (unpaired) electrons. The zero-order valence-electron chi connectivity index (χ0n) is 16.0. The van der Waals surface area contributed by atoms with Crippen LogP contribution in [-0.2, 0) is 22.4 Å². The van der Waals surface area contributed by atoms with Gasteiger partial charge in [-0.15, -0.1) is 0 Å². The number of carbonyl (C=O) groups excluding carboxylic acids is 1. The Labute approximate surface area is 174 Å². The highest BCUT2D eigenvalue weighted by atomic mass is 19.4. The van der Waals surface area contributed by atoms with Crippen LogP contribution in [-0.4, -0.2) is 37.4 Å². The van der Waals surface area contributed by atoms with Crippen LogP contribution in [0, 0.1) is 0 Å².